The number of aryl methyl sites for hydroxylation is 3. The first-order chi connectivity index (χ1) is 14.1. The Morgan fingerprint density at radius 2 is 1.52 bits per heavy atom. The number of carbonyl (C=O) groups excluding carboxylic acids is 1. The second-order valence-electron chi connectivity index (χ2n) is 10.7. The summed E-state index contributed by atoms with van der Waals surface area (Å²) in [5.41, 5.74) is 6.54. The van der Waals surface area contributed by atoms with Gasteiger partial charge in [-0.2, -0.15) is 0 Å². The molecule has 2 rings (SSSR count). The number of hydrogen-bond donors (Lipinski definition) is 1. The molecule has 170 valence electrons. The Kier molecular flexibility index (Phi) is 7.89. The quantitative estimate of drug-likeness (QED) is 0.419. The summed E-state index contributed by atoms with van der Waals surface area (Å²) >= 11 is 2.39. The third kappa shape index (κ3) is 6.47. The van der Waals surface area contributed by atoms with Crippen molar-refractivity contribution in [3.8, 4) is 5.75 Å². The van der Waals surface area contributed by atoms with Crippen LogP contribution in [0.4, 0.5) is 0 Å². The Morgan fingerprint density at radius 3 is 2.00 bits per heavy atom. The maximum atomic E-state index is 12.8. The Morgan fingerprint density at radius 1 is 0.968 bits per heavy atom. The Hall–Kier alpha value is -1.56. The molecular weight excluding hydrogens is 497 g/mol. The first kappa shape index (κ1) is 25.7. The van der Waals surface area contributed by atoms with Crippen LogP contribution in [0.2, 0.25) is 0 Å². The number of benzene rings is 2. The van der Waals surface area contributed by atoms with Crippen LogP contribution in [0.1, 0.15) is 86.6 Å². The lowest BCUT2D eigenvalue weighted by Gasteiger charge is -2.28. The molecule has 0 aliphatic heterocycles. The Bertz CT molecular complexity index is 941. The van der Waals surface area contributed by atoms with Gasteiger partial charge in [0.05, 0.1) is 10.1 Å². The zero-order chi connectivity index (χ0) is 23.7. The van der Waals surface area contributed by atoms with Crippen molar-refractivity contribution in [3.63, 3.8) is 0 Å². The van der Waals surface area contributed by atoms with Gasteiger partial charge in [0.1, 0.15) is 11.9 Å². The van der Waals surface area contributed by atoms with E-state index in [-0.39, 0.29) is 22.8 Å². The van der Waals surface area contributed by atoms with E-state index in [4.69, 9.17) is 4.74 Å². The Labute approximate surface area is 202 Å². The Balaban J connectivity index is 2.22. The molecule has 0 fully saturated rings. The summed E-state index contributed by atoms with van der Waals surface area (Å²) in [6.07, 6.45) is -0.147. The highest BCUT2D eigenvalue weighted by atomic mass is 127. The van der Waals surface area contributed by atoms with Crippen molar-refractivity contribution >= 4 is 28.5 Å². The fourth-order valence-electron chi connectivity index (χ4n) is 3.78. The summed E-state index contributed by atoms with van der Waals surface area (Å²) in [4.78, 5) is 12.8. The van der Waals surface area contributed by atoms with Crippen LogP contribution in [-0.4, -0.2) is 18.6 Å². The van der Waals surface area contributed by atoms with Gasteiger partial charge in [0.25, 0.3) is 5.91 Å². The first-order valence-electron chi connectivity index (χ1n) is 11.0. The predicted octanol–water partition coefficient (Wildman–Crippen LogP) is 7.01. The van der Waals surface area contributed by atoms with Gasteiger partial charge in [0, 0.05) is 5.56 Å². The second kappa shape index (κ2) is 9.51. The summed E-state index contributed by atoms with van der Waals surface area (Å²) in [6.45, 7) is 21.9. The zero-order valence-corrected chi connectivity index (χ0v) is 22.9. The smallest absolute Gasteiger partial charge is 0.251 e. The van der Waals surface area contributed by atoms with Crippen LogP contribution in [0.3, 0.4) is 0 Å². The van der Waals surface area contributed by atoms with Gasteiger partial charge in [0.15, 0.2) is 0 Å². The van der Waals surface area contributed by atoms with E-state index in [2.05, 4.69) is 101 Å². The number of carbonyl (C=O) groups is 1. The molecule has 0 spiro atoms. The molecule has 1 atom stereocenters. The molecule has 0 aliphatic rings. The minimum atomic E-state index is -0.147. The maximum Gasteiger partial charge on any atom is 0.251 e. The fourth-order valence-corrected chi connectivity index (χ4v) is 5.03. The van der Waals surface area contributed by atoms with Crippen molar-refractivity contribution in [2.45, 2.75) is 86.2 Å². The van der Waals surface area contributed by atoms with Crippen molar-refractivity contribution in [1.82, 2.24) is 5.32 Å². The average molecular weight is 536 g/mol. The molecule has 31 heavy (non-hydrogen) atoms. The molecule has 0 heterocycles. The molecule has 2 aromatic rings. The lowest BCUT2D eigenvalue weighted by atomic mass is 9.80. The average Bonchev–Trinajstić information content (AvgIpc) is 2.58. The second-order valence-corrected chi connectivity index (χ2v) is 11.8. The lowest BCUT2D eigenvalue weighted by Crippen LogP contribution is -2.34. The molecule has 0 unspecified atom stereocenters. The van der Waals surface area contributed by atoms with Gasteiger partial charge in [-0.1, -0.05) is 65.3 Å². The first-order valence-corrected chi connectivity index (χ1v) is 12.1. The van der Waals surface area contributed by atoms with Crippen LogP contribution in [0.5, 0.6) is 5.75 Å². The largest absolute Gasteiger partial charge is 0.488 e. The van der Waals surface area contributed by atoms with E-state index in [0.29, 0.717) is 6.54 Å². The molecule has 0 bridgehead atoms. The molecule has 0 aromatic heterocycles. The van der Waals surface area contributed by atoms with E-state index < -0.39 is 0 Å². The molecule has 0 aliphatic carbocycles. The predicted molar refractivity (Wildman–Crippen MR) is 140 cm³/mol. The van der Waals surface area contributed by atoms with Crippen molar-refractivity contribution in [2.24, 2.45) is 0 Å². The topological polar surface area (TPSA) is 38.3 Å². The summed E-state index contributed by atoms with van der Waals surface area (Å²) < 4.78 is 7.50. The highest BCUT2D eigenvalue weighted by Crippen LogP contribution is 2.38. The number of nitrogens with one attached hydrogen (secondary N) is 1. The highest BCUT2D eigenvalue weighted by Gasteiger charge is 2.25. The SMILES string of the molecule is Cc1cc(C)c(C(=O)NC[C@H](C)Oc2cc(C(C)(C)C)cc(C(C)(C)C)c2I)c(C)c1. The molecule has 0 saturated heterocycles. The van der Waals surface area contributed by atoms with E-state index in [0.717, 1.165) is 26.0 Å². The number of halogens is 1. The molecule has 2 aromatic carbocycles. The molecule has 3 nitrogen and oxygen atoms in total. The van der Waals surface area contributed by atoms with Crippen molar-refractivity contribution < 1.29 is 9.53 Å². The summed E-state index contributed by atoms with van der Waals surface area (Å²) in [5, 5.41) is 3.06. The normalized spacial score (nSPS) is 13.1. The van der Waals surface area contributed by atoms with Gasteiger partial charge in [-0.25, -0.2) is 0 Å². The van der Waals surface area contributed by atoms with Crippen LogP contribution in [0, 0.1) is 24.3 Å². The molecule has 1 amide bonds. The monoisotopic (exact) mass is 535 g/mol. The lowest BCUT2D eigenvalue weighted by molar-refractivity contribution is 0.0930. The molecular formula is C27H38INO2. The van der Waals surface area contributed by atoms with Gasteiger partial charge in [0.2, 0.25) is 0 Å². The summed E-state index contributed by atoms with van der Waals surface area (Å²) in [5.74, 6) is 0.848. The minimum absolute atomic E-state index is 0.0217. The van der Waals surface area contributed by atoms with Gasteiger partial charge in [-0.15, -0.1) is 0 Å². The van der Waals surface area contributed by atoms with E-state index in [1.165, 1.54) is 16.7 Å². The number of hydrogen-bond acceptors (Lipinski definition) is 2. The van der Waals surface area contributed by atoms with Crippen LogP contribution < -0.4 is 10.1 Å². The standard InChI is InChI=1S/C27H38INO2/c1-16-11-17(2)23(18(3)12-16)25(30)29-15-19(4)31-22-14-20(26(5,6)7)13-21(24(22)28)27(8,9)10/h11-14,19H,15H2,1-10H3,(H,29,30)/t19-/m0/s1. The summed E-state index contributed by atoms with van der Waals surface area (Å²) in [7, 11) is 0. The van der Waals surface area contributed by atoms with Gasteiger partial charge in [-0.05, 0) is 89.4 Å². The third-order valence-electron chi connectivity index (χ3n) is 5.50. The van der Waals surface area contributed by atoms with Gasteiger partial charge < -0.3 is 10.1 Å². The van der Waals surface area contributed by atoms with Crippen LogP contribution in [-0.2, 0) is 10.8 Å². The van der Waals surface area contributed by atoms with Crippen LogP contribution in [0.25, 0.3) is 0 Å². The third-order valence-corrected chi connectivity index (χ3v) is 6.61. The van der Waals surface area contributed by atoms with E-state index in [9.17, 15) is 4.79 Å². The minimum Gasteiger partial charge on any atom is -0.488 e. The summed E-state index contributed by atoms with van der Waals surface area (Å²) in [6, 6.07) is 8.57. The molecule has 1 N–H and O–H groups in total. The van der Waals surface area contributed by atoms with Crippen molar-refractivity contribution in [2.75, 3.05) is 6.54 Å². The molecule has 0 saturated carbocycles. The van der Waals surface area contributed by atoms with Crippen molar-refractivity contribution in [3.05, 3.63) is 61.2 Å². The molecule has 0 radical (unpaired) electrons. The number of rotatable bonds is 5. The van der Waals surface area contributed by atoms with Crippen LogP contribution in [0.15, 0.2) is 24.3 Å². The number of ether oxygens (including phenoxy) is 1. The van der Waals surface area contributed by atoms with E-state index >= 15 is 0 Å². The van der Waals surface area contributed by atoms with Crippen LogP contribution >= 0.6 is 22.6 Å². The van der Waals surface area contributed by atoms with Gasteiger partial charge in [-0.3, -0.25) is 4.79 Å². The number of amides is 1. The van der Waals surface area contributed by atoms with E-state index in [1.807, 2.05) is 20.8 Å². The maximum absolute atomic E-state index is 12.8. The van der Waals surface area contributed by atoms with Crippen molar-refractivity contribution in [1.29, 1.82) is 0 Å². The highest BCUT2D eigenvalue weighted by molar-refractivity contribution is 14.1. The van der Waals surface area contributed by atoms with Gasteiger partial charge >= 0.3 is 0 Å². The zero-order valence-electron chi connectivity index (χ0n) is 20.8. The van der Waals surface area contributed by atoms with E-state index in [1.54, 1.807) is 0 Å². The fraction of sp³-hybridized carbons (Fsp3) is 0.519. The molecule has 4 heteroatoms.